The lowest BCUT2D eigenvalue weighted by molar-refractivity contribution is 0.0735. The van der Waals surface area contributed by atoms with E-state index >= 15 is 0 Å². The van der Waals surface area contributed by atoms with Crippen molar-refractivity contribution in [1.29, 1.82) is 0 Å². The number of carbonyl (C=O) groups excluding carboxylic acids is 2. The molecule has 5 rings (SSSR count). The summed E-state index contributed by atoms with van der Waals surface area (Å²) in [5.41, 5.74) is 4.38. The molecule has 1 saturated heterocycles. The lowest BCUT2D eigenvalue weighted by Gasteiger charge is -2.27. The van der Waals surface area contributed by atoms with Gasteiger partial charge in [0.05, 0.1) is 0 Å². The Morgan fingerprint density at radius 3 is 2.64 bits per heavy atom. The van der Waals surface area contributed by atoms with Crippen molar-refractivity contribution < 1.29 is 9.59 Å². The minimum atomic E-state index is -0.331. The molecule has 0 atom stereocenters. The van der Waals surface area contributed by atoms with Gasteiger partial charge in [-0.3, -0.25) is 9.59 Å². The van der Waals surface area contributed by atoms with Gasteiger partial charge in [-0.2, -0.15) is 4.99 Å². The molecule has 8 heteroatoms. The van der Waals surface area contributed by atoms with Gasteiger partial charge in [-0.1, -0.05) is 6.07 Å². The van der Waals surface area contributed by atoms with Crippen LogP contribution in [0.5, 0.6) is 0 Å². The number of piperazine rings is 1. The molecule has 2 heterocycles. The van der Waals surface area contributed by atoms with Gasteiger partial charge in [0.15, 0.2) is 0 Å². The van der Waals surface area contributed by atoms with Crippen LogP contribution >= 0.6 is 0 Å². The summed E-state index contributed by atoms with van der Waals surface area (Å²) in [7, 11) is 0. The van der Waals surface area contributed by atoms with Crippen molar-refractivity contribution in [2.75, 3.05) is 31.5 Å². The van der Waals surface area contributed by atoms with Crippen LogP contribution in [0.3, 0.4) is 0 Å². The summed E-state index contributed by atoms with van der Waals surface area (Å²) < 4.78 is 0. The molecular weight excluding hydrogens is 416 g/mol. The zero-order chi connectivity index (χ0) is 22.6. The summed E-state index contributed by atoms with van der Waals surface area (Å²) >= 11 is 0. The van der Waals surface area contributed by atoms with Crippen LogP contribution in [0.1, 0.15) is 45.0 Å². The zero-order valence-corrected chi connectivity index (χ0v) is 18.3. The predicted octanol–water partition coefficient (Wildman–Crippen LogP) is 2.82. The van der Waals surface area contributed by atoms with E-state index in [0.717, 1.165) is 56.0 Å². The Balaban J connectivity index is 1.38. The number of rotatable bonds is 5. The monoisotopic (exact) mass is 442 g/mol. The molecule has 1 aromatic heterocycles. The molecule has 2 aromatic carbocycles. The average Bonchev–Trinajstić information content (AvgIpc) is 3.71. The highest BCUT2D eigenvalue weighted by molar-refractivity contribution is 5.96. The number of H-pyrrole nitrogens is 1. The molecule has 2 fully saturated rings. The predicted molar refractivity (Wildman–Crippen MR) is 125 cm³/mol. The van der Waals surface area contributed by atoms with Crippen LogP contribution < -0.4 is 16.3 Å². The van der Waals surface area contributed by atoms with Gasteiger partial charge in [0.2, 0.25) is 5.62 Å². The van der Waals surface area contributed by atoms with Crippen molar-refractivity contribution in [2.45, 2.75) is 18.8 Å². The maximum absolute atomic E-state index is 12.9. The summed E-state index contributed by atoms with van der Waals surface area (Å²) in [5, 5.41) is 6.74. The van der Waals surface area contributed by atoms with Crippen molar-refractivity contribution in [3.05, 3.63) is 83.2 Å². The quantitative estimate of drug-likeness (QED) is 0.564. The lowest BCUT2D eigenvalue weighted by atomic mass is 10.0. The fourth-order valence-electron chi connectivity index (χ4n) is 4.02. The number of aromatic nitrogens is 2. The molecule has 0 bridgehead atoms. The van der Waals surface area contributed by atoms with Crippen molar-refractivity contribution in [2.24, 2.45) is 4.99 Å². The molecule has 1 aliphatic heterocycles. The van der Waals surface area contributed by atoms with Gasteiger partial charge in [0.1, 0.15) is 0 Å². The van der Waals surface area contributed by atoms with E-state index in [1.54, 1.807) is 24.5 Å². The molecule has 3 aromatic rings. The van der Waals surface area contributed by atoms with Gasteiger partial charge in [0, 0.05) is 61.1 Å². The average molecular weight is 443 g/mol. The highest BCUT2D eigenvalue weighted by Gasteiger charge is 2.27. The molecular formula is C25H26N6O2. The maximum atomic E-state index is 12.9. The topological polar surface area (TPSA) is 102 Å². The van der Waals surface area contributed by atoms with Gasteiger partial charge in [-0.25, -0.2) is 4.98 Å². The third-order valence-corrected chi connectivity index (χ3v) is 5.91. The van der Waals surface area contributed by atoms with E-state index in [1.807, 2.05) is 41.3 Å². The Kier molecular flexibility index (Phi) is 5.99. The smallest absolute Gasteiger partial charge is 0.280 e. The summed E-state index contributed by atoms with van der Waals surface area (Å²) in [6, 6.07) is 15.0. The van der Waals surface area contributed by atoms with Crippen LogP contribution in [0.4, 0.5) is 11.4 Å². The lowest BCUT2D eigenvalue weighted by Crippen LogP contribution is -2.46. The summed E-state index contributed by atoms with van der Waals surface area (Å²) in [4.78, 5) is 38.4. The number of hydrogen-bond acceptors (Lipinski definition) is 5. The number of carbonyl (C=O) groups is 2. The fourth-order valence-corrected chi connectivity index (χ4v) is 4.02. The number of aromatic amines is 1. The Labute approximate surface area is 191 Å². The molecule has 2 aliphatic rings. The van der Waals surface area contributed by atoms with Crippen LogP contribution in [0.2, 0.25) is 0 Å². The molecule has 3 N–H and O–H groups in total. The number of hydrogen-bond donors (Lipinski definition) is 3. The fraction of sp³-hybridized carbons (Fsp3) is 0.280. The van der Waals surface area contributed by atoms with Crippen LogP contribution in [-0.2, 0) is 0 Å². The molecule has 2 amide bonds. The van der Waals surface area contributed by atoms with E-state index in [9.17, 15) is 9.59 Å². The number of nitrogens with zero attached hydrogens (tertiary/aromatic N) is 3. The van der Waals surface area contributed by atoms with Gasteiger partial charge >= 0.3 is 0 Å². The Morgan fingerprint density at radius 1 is 1.03 bits per heavy atom. The zero-order valence-electron chi connectivity index (χ0n) is 18.3. The third kappa shape index (κ3) is 5.01. The van der Waals surface area contributed by atoms with E-state index in [0.29, 0.717) is 17.0 Å². The molecule has 0 radical (unpaired) electrons. The molecule has 1 aliphatic carbocycles. The van der Waals surface area contributed by atoms with E-state index in [1.165, 1.54) is 0 Å². The highest BCUT2D eigenvalue weighted by Crippen LogP contribution is 2.44. The van der Waals surface area contributed by atoms with E-state index in [-0.39, 0.29) is 17.4 Å². The van der Waals surface area contributed by atoms with Crippen molar-refractivity contribution in [3.63, 3.8) is 0 Å². The van der Waals surface area contributed by atoms with Gasteiger partial charge in [-0.05, 0) is 66.8 Å². The van der Waals surface area contributed by atoms with Crippen LogP contribution in [0.15, 0.2) is 65.9 Å². The van der Waals surface area contributed by atoms with Gasteiger partial charge in [0.25, 0.3) is 11.8 Å². The second-order valence-electron chi connectivity index (χ2n) is 8.35. The third-order valence-electron chi connectivity index (χ3n) is 5.91. The first-order valence-corrected chi connectivity index (χ1v) is 11.3. The van der Waals surface area contributed by atoms with E-state index < -0.39 is 0 Å². The van der Waals surface area contributed by atoms with Crippen LogP contribution in [0, 0.1) is 0 Å². The first kappa shape index (κ1) is 21.1. The first-order chi connectivity index (χ1) is 16.2. The largest absolute Gasteiger partial charge is 0.355 e. The Morgan fingerprint density at radius 2 is 1.88 bits per heavy atom. The van der Waals surface area contributed by atoms with Crippen molar-refractivity contribution in [1.82, 2.24) is 20.2 Å². The minimum Gasteiger partial charge on any atom is -0.355 e. The molecule has 168 valence electrons. The van der Waals surface area contributed by atoms with E-state index in [4.69, 9.17) is 0 Å². The number of anilines is 2. The maximum Gasteiger partial charge on any atom is 0.280 e. The summed E-state index contributed by atoms with van der Waals surface area (Å²) in [6.07, 6.45) is 5.47. The second-order valence-corrected chi connectivity index (χ2v) is 8.35. The first-order valence-electron chi connectivity index (χ1n) is 11.3. The van der Waals surface area contributed by atoms with Gasteiger partial charge < -0.3 is 20.5 Å². The molecule has 8 nitrogen and oxygen atoms in total. The molecule has 0 spiro atoms. The number of benzene rings is 2. The van der Waals surface area contributed by atoms with Crippen LogP contribution in [-0.4, -0.2) is 52.9 Å². The SMILES string of the molecule is O=C(N=c1nccc[nH]1)c1ccc(Nc2cccc(C(=O)N3CCNCC3)c2)c(C2CC2)c1. The molecule has 33 heavy (non-hydrogen) atoms. The van der Waals surface area contributed by atoms with E-state index in [2.05, 4.69) is 25.6 Å². The normalized spacial score (nSPS) is 16.5. The van der Waals surface area contributed by atoms with Crippen molar-refractivity contribution >= 4 is 23.2 Å². The Bertz CT molecular complexity index is 1220. The van der Waals surface area contributed by atoms with Gasteiger partial charge in [-0.15, -0.1) is 0 Å². The summed E-state index contributed by atoms with van der Waals surface area (Å²) in [5.74, 6) is 0.144. The molecule has 0 unspecified atom stereocenters. The minimum absolute atomic E-state index is 0.0523. The highest BCUT2D eigenvalue weighted by atomic mass is 16.2. The molecule has 1 saturated carbocycles. The summed E-state index contributed by atoms with van der Waals surface area (Å²) in [6.45, 7) is 3.09. The number of amides is 2. The standard InChI is InChI=1S/C25H26N6O2/c32-23(30-25-27-9-2-10-28-25)18-7-8-22(21(16-18)17-5-6-17)29-20-4-1-3-19(15-20)24(33)31-13-11-26-12-14-31/h1-4,7-10,15-17,26,29H,5-6,11-14H2,(H,27,28,30,32). The van der Waals surface area contributed by atoms with Crippen LogP contribution in [0.25, 0.3) is 0 Å². The number of nitrogens with one attached hydrogen (secondary N) is 3. The Hall–Kier alpha value is -3.78. The van der Waals surface area contributed by atoms with Crippen molar-refractivity contribution in [3.8, 4) is 0 Å². The second kappa shape index (κ2) is 9.38.